The van der Waals surface area contributed by atoms with Crippen molar-refractivity contribution in [2.75, 3.05) is 13.1 Å². The molecule has 1 N–H and O–H groups in total. The van der Waals surface area contributed by atoms with E-state index in [0.717, 1.165) is 24.4 Å². The van der Waals surface area contributed by atoms with E-state index in [1.807, 2.05) is 36.4 Å². The molecule has 2 aromatic rings. The topological polar surface area (TPSA) is 21.3 Å². The molecule has 1 fully saturated rings. The molecule has 0 radical (unpaired) electrons. The minimum absolute atomic E-state index is 0. The van der Waals surface area contributed by atoms with Gasteiger partial charge in [-0.1, -0.05) is 46.9 Å². The SMILES string of the molecule is Cl.Clc1cccc(O[C@@H](c2ccc(Cl)c(Cl)c2)C2CNC2)c1. The molecule has 1 aliphatic heterocycles. The molecule has 6 heteroatoms. The maximum absolute atomic E-state index is 6.15. The van der Waals surface area contributed by atoms with E-state index in [0.29, 0.717) is 21.0 Å². The van der Waals surface area contributed by atoms with Crippen molar-refractivity contribution < 1.29 is 4.74 Å². The minimum Gasteiger partial charge on any atom is -0.485 e. The summed E-state index contributed by atoms with van der Waals surface area (Å²) in [4.78, 5) is 0. The van der Waals surface area contributed by atoms with Gasteiger partial charge in [-0.2, -0.15) is 0 Å². The lowest BCUT2D eigenvalue weighted by Crippen LogP contribution is -2.46. The standard InChI is InChI=1S/C16H14Cl3NO.ClH/c17-12-2-1-3-13(7-12)21-16(11-8-20-9-11)10-4-5-14(18)15(19)6-10;/h1-7,11,16,20H,8-9H2;1H/t16-;/m0./s1. The van der Waals surface area contributed by atoms with Crippen LogP contribution >= 0.6 is 47.2 Å². The van der Waals surface area contributed by atoms with Gasteiger partial charge in [0.15, 0.2) is 0 Å². The number of rotatable bonds is 4. The molecule has 0 amide bonds. The molecule has 118 valence electrons. The number of benzene rings is 2. The van der Waals surface area contributed by atoms with Crippen LogP contribution in [0.1, 0.15) is 11.7 Å². The van der Waals surface area contributed by atoms with Crippen LogP contribution in [0.2, 0.25) is 15.1 Å². The van der Waals surface area contributed by atoms with E-state index in [4.69, 9.17) is 39.5 Å². The van der Waals surface area contributed by atoms with Crippen molar-refractivity contribution >= 4 is 47.2 Å². The summed E-state index contributed by atoms with van der Waals surface area (Å²) in [6.07, 6.45) is -0.0699. The fourth-order valence-electron chi connectivity index (χ4n) is 2.34. The monoisotopic (exact) mass is 377 g/mol. The zero-order valence-corrected chi connectivity index (χ0v) is 14.6. The van der Waals surface area contributed by atoms with Gasteiger partial charge in [0.05, 0.1) is 10.0 Å². The summed E-state index contributed by atoms with van der Waals surface area (Å²) in [5.74, 6) is 1.16. The highest BCUT2D eigenvalue weighted by atomic mass is 35.5. The molecule has 0 saturated carbocycles. The van der Waals surface area contributed by atoms with E-state index in [2.05, 4.69) is 5.32 Å². The highest BCUT2D eigenvalue weighted by Crippen LogP contribution is 2.34. The van der Waals surface area contributed by atoms with Gasteiger partial charge in [-0.05, 0) is 35.9 Å². The summed E-state index contributed by atoms with van der Waals surface area (Å²) < 4.78 is 6.15. The highest BCUT2D eigenvalue weighted by molar-refractivity contribution is 6.42. The molecule has 0 spiro atoms. The van der Waals surface area contributed by atoms with Crippen molar-refractivity contribution in [3.05, 3.63) is 63.1 Å². The molecule has 1 aliphatic rings. The quantitative estimate of drug-likeness (QED) is 0.767. The molecule has 2 aromatic carbocycles. The smallest absolute Gasteiger partial charge is 0.129 e. The van der Waals surface area contributed by atoms with E-state index in [9.17, 15) is 0 Å². The molecule has 1 heterocycles. The highest BCUT2D eigenvalue weighted by Gasteiger charge is 2.30. The van der Waals surface area contributed by atoms with Crippen LogP contribution in [0.25, 0.3) is 0 Å². The second-order valence-electron chi connectivity index (χ2n) is 5.09. The van der Waals surface area contributed by atoms with E-state index < -0.39 is 0 Å². The molecule has 0 unspecified atom stereocenters. The second-order valence-corrected chi connectivity index (χ2v) is 6.34. The summed E-state index contributed by atoms with van der Waals surface area (Å²) in [5.41, 5.74) is 1.02. The Kier molecular flexibility index (Phi) is 6.25. The Morgan fingerprint density at radius 1 is 1.00 bits per heavy atom. The van der Waals surface area contributed by atoms with Crippen molar-refractivity contribution in [3.63, 3.8) is 0 Å². The van der Waals surface area contributed by atoms with Gasteiger partial charge in [-0.3, -0.25) is 0 Å². The Morgan fingerprint density at radius 3 is 2.36 bits per heavy atom. The van der Waals surface area contributed by atoms with Gasteiger partial charge in [0, 0.05) is 24.0 Å². The first-order valence-electron chi connectivity index (χ1n) is 6.71. The number of halogens is 4. The first-order chi connectivity index (χ1) is 10.1. The number of hydrogen-bond acceptors (Lipinski definition) is 2. The average molecular weight is 379 g/mol. The van der Waals surface area contributed by atoms with E-state index in [1.165, 1.54) is 0 Å². The molecule has 0 bridgehead atoms. The lowest BCUT2D eigenvalue weighted by Gasteiger charge is -2.35. The average Bonchev–Trinajstić information content (AvgIpc) is 2.39. The van der Waals surface area contributed by atoms with Crippen LogP contribution in [0.4, 0.5) is 0 Å². The normalized spacial score (nSPS) is 15.6. The molecular formula is C16H15Cl4NO. The van der Waals surface area contributed by atoms with Crippen LogP contribution in [-0.2, 0) is 0 Å². The summed E-state index contributed by atoms with van der Waals surface area (Å²) >= 11 is 18.1. The third-order valence-corrected chi connectivity index (χ3v) is 4.55. The van der Waals surface area contributed by atoms with Crippen LogP contribution in [0, 0.1) is 5.92 Å². The van der Waals surface area contributed by atoms with Crippen molar-refractivity contribution in [2.24, 2.45) is 5.92 Å². The zero-order chi connectivity index (χ0) is 14.8. The summed E-state index contributed by atoms with van der Waals surface area (Å²) in [5, 5.41) is 5.02. The number of ether oxygens (including phenoxy) is 1. The second kappa shape index (κ2) is 7.76. The molecule has 22 heavy (non-hydrogen) atoms. The number of nitrogens with one attached hydrogen (secondary N) is 1. The maximum Gasteiger partial charge on any atom is 0.129 e. The molecule has 3 rings (SSSR count). The Hall–Kier alpha value is -0.640. The first-order valence-corrected chi connectivity index (χ1v) is 7.85. The van der Waals surface area contributed by atoms with Gasteiger partial charge in [-0.15, -0.1) is 12.4 Å². The largest absolute Gasteiger partial charge is 0.485 e. The fraction of sp³-hybridized carbons (Fsp3) is 0.250. The summed E-state index contributed by atoms with van der Waals surface area (Å²) in [7, 11) is 0. The molecule has 0 aromatic heterocycles. The third kappa shape index (κ3) is 4.01. The first kappa shape index (κ1) is 17.7. The Balaban J connectivity index is 0.00000176. The predicted octanol–water partition coefficient (Wildman–Crippen LogP) is 5.41. The zero-order valence-electron chi connectivity index (χ0n) is 11.6. The summed E-state index contributed by atoms with van der Waals surface area (Å²) in [6, 6.07) is 13.1. The fourth-order valence-corrected chi connectivity index (χ4v) is 2.82. The van der Waals surface area contributed by atoms with Crippen LogP contribution in [0.15, 0.2) is 42.5 Å². The third-order valence-electron chi connectivity index (χ3n) is 3.57. The molecule has 2 nitrogen and oxygen atoms in total. The van der Waals surface area contributed by atoms with Gasteiger partial charge in [-0.25, -0.2) is 0 Å². The van der Waals surface area contributed by atoms with Crippen LogP contribution < -0.4 is 10.1 Å². The number of hydrogen-bond donors (Lipinski definition) is 1. The maximum atomic E-state index is 6.15. The van der Waals surface area contributed by atoms with Gasteiger partial charge in [0.1, 0.15) is 11.9 Å². The van der Waals surface area contributed by atoms with E-state index in [1.54, 1.807) is 6.07 Å². The van der Waals surface area contributed by atoms with Gasteiger partial charge in [0.2, 0.25) is 0 Å². The lowest BCUT2D eigenvalue weighted by molar-refractivity contribution is 0.0993. The van der Waals surface area contributed by atoms with Crippen LogP contribution in [-0.4, -0.2) is 13.1 Å². The minimum atomic E-state index is -0.0699. The van der Waals surface area contributed by atoms with Crippen molar-refractivity contribution in [2.45, 2.75) is 6.10 Å². The lowest BCUT2D eigenvalue weighted by atomic mass is 9.91. The van der Waals surface area contributed by atoms with E-state index in [-0.39, 0.29) is 18.5 Å². The van der Waals surface area contributed by atoms with Crippen molar-refractivity contribution in [3.8, 4) is 5.75 Å². The Bertz CT molecular complexity index is 646. The van der Waals surface area contributed by atoms with Gasteiger partial charge >= 0.3 is 0 Å². The van der Waals surface area contributed by atoms with Crippen LogP contribution in [0.5, 0.6) is 5.75 Å². The van der Waals surface area contributed by atoms with Gasteiger partial charge in [0.25, 0.3) is 0 Å². The molecular weight excluding hydrogens is 364 g/mol. The van der Waals surface area contributed by atoms with Crippen molar-refractivity contribution in [1.29, 1.82) is 0 Å². The van der Waals surface area contributed by atoms with Crippen LogP contribution in [0.3, 0.4) is 0 Å². The van der Waals surface area contributed by atoms with E-state index >= 15 is 0 Å². The predicted molar refractivity (Wildman–Crippen MR) is 94.9 cm³/mol. The Morgan fingerprint density at radius 2 is 1.77 bits per heavy atom. The molecule has 1 atom stereocenters. The van der Waals surface area contributed by atoms with Gasteiger partial charge < -0.3 is 10.1 Å². The summed E-state index contributed by atoms with van der Waals surface area (Å²) in [6.45, 7) is 1.84. The molecule has 1 saturated heterocycles. The Labute approximate surface area is 151 Å². The van der Waals surface area contributed by atoms with Crippen molar-refractivity contribution in [1.82, 2.24) is 5.32 Å². The molecule has 0 aliphatic carbocycles.